The van der Waals surface area contributed by atoms with E-state index in [1.165, 1.54) is 14.2 Å². The number of ketones is 1. The Morgan fingerprint density at radius 3 is 2.27 bits per heavy atom. The normalized spacial score (nSPS) is 13.3. The predicted molar refractivity (Wildman–Crippen MR) is 85.4 cm³/mol. The summed E-state index contributed by atoms with van der Waals surface area (Å²) in [5.41, 5.74) is 1.24. The maximum atomic E-state index is 12.6. The number of fused-ring (bicyclic) bond motifs is 1. The molecule has 0 saturated heterocycles. The lowest BCUT2D eigenvalue weighted by Gasteiger charge is -2.07. The molecule has 5 nitrogen and oxygen atoms in total. The Morgan fingerprint density at radius 2 is 1.68 bits per heavy atom. The van der Waals surface area contributed by atoms with Gasteiger partial charge in [0.1, 0.15) is 17.1 Å². The van der Waals surface area contributed by atoms with Crippen molar-refractivity contribution in [2.75, 3.05) is 14.2 Å². The Morgan fingerprint density at radius 1 is 1.05 bits per heavy atom. The van der Waals surface area contributed by atoms with E-state index in [4.69, 9.17) is 9.47 Å². The zero-order chi connectivity index (χ0) is 15.9. The van der Waals surface area contributed by atoms with Crippen LogP contribution in [0.3, 0.4) is 0 Å². The van der Waals surface area contributed by atoms with E-state index in [0.717, 1.165) is 4.47 Å². The number of methoxy groups -OCH3 is 2. The van der Waals surface area contributed by atoms with Gasteiger partial charge in [-0.25, -0.2) is 0 Å². The summed E-state index contributed by atoms with van der Waals surface area (Å²) in [6.07, 6.45) is 0. The van der Waals surface area contributed by atoms with E-state index in [9.17, 15) is 10.0 Å². The number of halogens is 1. The SMILES string of the molecule is COc1cc(OC)cc(C2=[N+]([O-])c3ccc(Br)cc3C2=O)c1. The van der Waals surface area contributed by atoms with Crippen molar-refractivity contribution in [2.45, 2.75) is 0 Å². The summed E-state index contributed by atoms with van der Waals surface area (Å²) in [7, 11) is 3.03. The molecule has 3 rings (SSSR count). The molecule has 2 aromatic carbocycles. The lowest BCUT2D eigenvalue weighted by atomic mass is 10.0. The van der Waals surface area contributed by atoms with Gasteiger partial charge >= 0.3 is 0 Å². The molecular formula is C16H12BrNO4. The fourth-order valence-corrected chi connectivity index (χ4v) is 2.76. The van der Waals surface area contributed by atoms with Crippen molar-refractivity contribution < 1.29 is 19.0 Å². The molecular weight excluding hydrogens is 350 g/mol. The van der Waals surface area contributed by atoms with E-state index in [0.29, 0.717) is 33.1 Å². The second kappa shape index (κ2) is 5.46. The summed E-state index contributed by atoms with van der Waals surface area (Å²) >= 11 is 3.31. The van der Waals surface area contributed by atoms with Crippen molar-refractivity contribution in [2.24, 2.45) is 0 Å². The third-order valence-electron chi connectivity index (χ3n) is 3.47. The minimum Gasteiger partial charge on any atom is -0.618 e. The third-order valence-corrected chi connectivity index (χ3v) is 3.96. The first-order chi connectivity index (χ1) is 10.5. The summed E-state index contributed by atoms with van der Waals surface area (Å²) in [5.74, 6) is 0.710. The maximum absolute atomic E-state index is 12.6. The number of carbonyl (C=O) groups excluding carboxylic acids is 1. The van der Waals surface area contributed by atoms with Crippen molar-refractivity contribution in [3.63, 3.8) is 0 Å². The van der Waals surface area contributed by atoms with Crippen molar-refractivity contribution in [1.82, 2.24) is 0 Å². The lowest BCUT2D eigenvalue weighted by Crippen LogP contribution is -2.16. The molecule has 0 atom stereocenters. The molecule has 112 valence electrons. The molecule has 22 heavy (non-hydrogen) atoms. The van der Waals surface area contributed by atoms with Crippen LogP contribution in [0.25, 0.3) is 0 Å². The molecule has 2 aromatic rings. The number of rotatable bonds is 3. The number of benzene rings is 2. The minimum absolute atomic E-state index is 0.0605. The minimum atomic E-state index is -0.318. The summed E-state index contributed by atoms with van der Waals surface area (Å²) in [5, 5.41) is 12.5. The van der Waals surface area contributed by atoms with Crippen LogP contribution in [-0.2, 0) is 0 Å². The quantitative estimate of drug-likeness (QED) is 0.621. The van der Waals surface area contributed by atoms with Crippen LogP contribution in [0.1, 0.15) is 15.9 Å². The van der Waals surface area contributed by atoms with Crippen molar-refractivity contribution in [1.29, 1.82) is 0 Å². The molecule has 0 N–H and O–H groups in total. The van der Waals surface area contributed by atoms with E-state index in [-0.39, 0.29) is 11.5 Å². The van der Waals surface area contributed by atoms with E-state index in [2.05, 4.69) is 15.9 Å². The molecule has 0 bridgehead atoms. The van der Waals surface area contributed by atoms with Crippen molar-refractivity contribution in [3.8, 4) is 11.5 Å². The Labute approximate surface area is 135 Å². The Balaban J connectivity index is 2.18. The summed E-state index contributed by atoms with van der Waals surface area (Å²) in [4.78, 5) is 12.6. The molecule has 1 aliphatic rings. The van der Waals surface area contributed by atoms with Gasteiger partial charge in [0.25, 0.3) is 11.5 Å². The Kier molecular flexibility index (Phi) is 3.62. The van der Waals surface area contributed by atoms with Crippen molar-refractivity contribution in [3.05, 3.63) is 57.2 Å². The van der Waals surface area contributed by atoms with Crippen LogP contribution in [0.4, 0.5) is 5.69 Å². The van der Waals surface area contributed by atoms with E-state index in [1.54, 1.807) is 36.4 Å². The topological polar surface area (TPSA) is 61.6 Å². The number of Topliss-reactive ketones (excluding diaryl/α,β-unsaturated/α-hetero) is 1. The Bertz CT molecular complexity index is 792. The van der Waals surface area contributed by atoms with Crippen LogP contribution in [0, 0.1) is 5.21 Å². The predicted octanol–water partition coefficient (Wildman–Crippen LogP) is 3.29. The van der Waals surface area contributed by atoms with Crippen LogP contribution in [0.15, 0.2) is 40.9 Å². The number of hydrogen-bond donors (Lipinski definition) is 0. The second-order valence-electron chi connectivity index (χ2n) is 4.73. The number of ether oxygens (including phenoxy) is 2. The van der Waals surface area contributed by atoms with E-state index < -0.39 is 0 Å². The zero-order valence-electron chi connectivity index (χ0n) is 11.9. The molecule has 0 fully saturated rings. The van der Waals surface area contributed by atoms with Gasteiger partial charge in [-0.15, -0.1) is 0 Å². The summed E-state index contributed by atoms with van der Waals surface area (Å²) < 4.78 is 11.8. The van der Waals surface area contributed by atoms with Gasteiger partial charge in [0, 0.05) is 16.6 Å². The number of nitrogens with zero attached hydrogens (tertiary/aromatic N) is 1. The fourth-order valence-electron chi connectivity index (χ4n) is 2.40. The van der Waals surface area contributed by atoms with Crippen LogP contribution in [0.5, 0.6) is 11.5 Å². The van der Waals surface area contributed by atoms with Gasteiger partial charge in [0.05, 0.1) is 19.8 Å². The molecule has 0 saturated carbocycles. The molecule has 0 radical (unpaired) electrons. The van der Waals surface area contributed by atoms with Crippen LogP contribution < -0.4 is 9.47 Å². The van der Waals surface area contributed by atoms with Crippen LogP contribution >= 0.6 is 15.9 Å². The van der Waals surface area contributed by atoms with Gasteiger partial charge in [-0.1, -0.05) is 15.9 Å². The number of hydrogen-bond acceptors (Lipinski definition) is 4. The van der Waals surface area contributed by atoms with Gasteiger partial charge in [0.2, 0.25) is 5.69 Å². The highest BCUT2D eigenvalue weighted by molar-refractivity contribution is 9.10. The molecule has 1 aliphatic heterocycles. The molecule has 0 unspecified atom stereocenters. The lowest BCUT2D eigenvalue weighted by molar-refractivity contribution is -0.355. The smallest absolute Gasteiger partial charge is 0.273 e. The van der Waals surface area contributed by atoms with Crippen LogP contribution in [0.2, 0.25) is 0 Å². The average Bonchev–Trinajstić information content (AvgIpc) is 2.77. The first-order valence-electron chi connectivity index (χ1n) is 6.47. The van der Waals surface area contributed by atoms with E-state index in [1.807, 2.05) is 0 Å². The van der Waals surface area contributed by atoms with E-state index >= 15 is 0 Å². The standard InChI is InChI=1S/C16H12BrNO4/c1-21-11-5-9(6-12(8-11)22-2)15-16(19)13-7-10(17)3-4-14(13)18(15)20/h3-8H,1-2H3. The fraction of sp³-hybridized carbons (Fsp3) is 0.125. The molecule has 0 spiro atoms. The molecule has 0 amide bonds. The first-order valence-corrected chi connectivity index (χ1v) is 7.26. The molecule has 6 heteroatoms. The van der Waals surface area contributed by atoms with Gasteiger partial charge in [0.15, 0.2) is 0 Å². The Hall–Kier alpha value is -2.34. The summed E-state index contributed by atoms with van der Waals surface area (Å²) in [6.45, 7) is 0. The van der Waals surface area contributed by atoms with Gasteiger partial charge in [-0.3, -0.25) is 4.79 Å². The second-order valence-corrected chi connectivity index (χ2v) is 5.65. The zero-order valence-corrected chi connectivity index (χ0v) is 13.5. The highest BCUT2D eigenvalue weighted by atomic mass is 79.9. The molecule has 1 heterocycles. The first kappa shape index (κ1) is 14.6. The van der Waals surface area contributed by atoms with Gasteiger partial charge < -0.3 is 14.7 Å². The maximum Gasteiger partial charge on any atom is 0.273 e. The van der Waals surface area contributed by atoms with Gasteiger partial charge in [-0.05, 0) is 24.3 Å². The van der Waals surface area contributed by atoms with Crippen LogP contribution in [-0.4, -0.2) is 30.5 Å². The van der Waals surface area contributed by atoms with Crippen molar-refractivity contribution >= 4 is 33.1 Å². The average molecular weight is 362 g/mol. The molecule has 0 aromatic heterocycles. The highest BCUT2D eigenvalue weighted by Crippen LogP contribution is 2.32. The largest absolute Gasteiger partial charge is 0.618 e. The molecule has 0 aliphatic carbocycles. The van der Waals surface area contributed by atoms with Gasteiger partial charge in [-0.2, -0.15) is 4.74 Å². The third kappa shape index (κ3) is 2.25. The highest BCUT2D eigenvalue weighted by Gasteiger charge is 2.37. The summed E-state index contributed by atoms with van der Waals surface area (Å²) in [6, 6.07) is 9.96. The number of carbonyl (C=O) groups is 1. The monoisotopic (exact) mass is 361 g/mol.